The highest BCUT2D eigenvalue weighted by molar-refractivity contribution is 6.18. The van der Waals surface area contributed by atoms with Gasteiger partial charge in [0, 0.05) is 17.0 Å². The molecule has 10 heavy (non-hydrogen) atoms. The van der Waals surface area contributed by atoms with Crippen molar-refractivity contribution in [2.75, 3.05) is 5.88 Å². The Bertz CT molecular complexity index is 163. The van der Waals surface area contributed by atoms with Crippen LogP contribution in [-0.4, -0.2) is 5.88 Å². The highest BCUT2D eigenvalue weighted by Crippen LogP contribution is 2.43. The smallest absolute Gasteiger partial charge is 0.0321 e. The monoisotopic (exact) mass is 159 g/mol. The van der Waals surface area contributed by atoms with Crippen LogP contribution in [0.3, 0.4) is 0 Å². The minimum absolute atomic E-state index is 0.214. The SMILES string of the molecule is CC(C)C1(CCl)C=C(N)C1. The molecular formula is C8H14ClN. The van der Waals surface area contributed by atoms with Gasteiger partial charge in [0.15, 0.2) is 0 Å². The summed E-state index contributed by atoms with van der Waals surface area (Å²) >= 11 is 5.82. The minimum Gasteiger partial charge on any atom is -0.402 e. The van der Waals surface area contributed by atoms with E-state index in [9.17, 15) is 0 Å². The molecular weight excluding hydrogens is 146 g/mol. The quantitative estimate of drug-likeness (QED) is 0.614. The van der Waals surface area contributed by atoms with Gasteiger partial charge in [-0.2, -0.15) is 0 Å². The third-order valence-electron chi connectivity index (χ3n) is 2.40. The molecule has 0 saturated carbocycles. The maximum atomic E-state index is 5.82. The lowest BCUT2D eigenvalue weighted by molar-refractivity contribution is 0.262. The highest BCUT2D eigenvalue weighted by Gasteiger charge is 2.37. The maximum absolute atomic E-state index is 5.82. The molecule has 0 saturated heterocycles. The molecule has 0 aromatic rings. The highest BCUT2D eigenvalue weighted by atomic mass is 35.5. The Labute approximate surface area is 67.2 Å². The molecule has 0 amide bonds. The Hall–Kier alpha value is -0.170. The van der Waals surface area contributed by atoms with Crippen LogP contribution in [0.15, 0.2) is 11.8 Å². The molecule has 0 spiro atoms. The van der Waals surface area contributed by atoms with E-state index in [4.69, 9.17) is 17.3 Å². The van der Waals surface area contributed by atoms with E-state index >= 15 is 0 Å². The summed E-state index contributed by atoms with van der Waals surface area (Å²) in [6.45, 7) is 4.37. The fourth-order valence-electron chi connectivity index (χ4n) is 1.33. The van der Waals surface area contributed by atoms with E-state index in [1.807, 2.05) is 0 Å². The van der Waals surface area contributed by atoms with Crippen LogP contribution >= 0.6 is 11.6 Å². The lowest BCUT2D eigenvalue weighted by Gasteiger charge is -2.40. The van der Waals surface area contributed by atoms with Crippen LogP contribution in [0.2, 0.25) is 0 Å². The fraction of sp³-hybridized carbons (Fsp3) is 0.750. The Morgan fingerprint density at radius 1 is 1.80 bits per heavy atom. The number of allylic oxidation sites excluding steroid dienone is 2. The molecule has 0 aliphatic heterocycles. The van der Waals surface area contributed by atoms with Crippen molar-refractivity contribution in [2.24, 2.45) is 17.1 Å². The topological polar surface area (TPSA) is 26.0 Å². The van der Waals surface area contributed by atoms with Gasteiger partial charge in [0.05, 0.1) is 0 Å². The van der Waals surface area contributed by atoms with Crippen molar-refractivity contribution in [2.45, 2.75) is 20.3 Å². The number of alkyl halides is 1. The van der Waals surface area contributed by atoms with Crippen LogP contribution in [0.4, 0.5) is 0 Å². The standard InChI is InChI=1S/C8H14ClN/c1-6(2)8(5-9)3-7(10)4-8/h3,6H,4-5,10H2,1-2H3. The zero-order valence-corrected chi connectivity index (χ0v) is 7.28. The summed E-state index contributed by atoms with van der Waals surface area (Å²) < 4.78 is 0. The summed E-state index contributed by atoms with van der Waals surface area (Å²) in [6, 6.07) is 0. The van der Waals surface area contributed by atoms with E-state index in [-0.39, 0.29) is 5.41 Å². The lowest BCUT2D eigenvalue weighted by Crippen LogP contribution is -2.36. The first-order valence-electron chi connectivity index (χ1n) is 3.64. The number of hydrogen-bond donors (Lipinski definition) is 1. The van der Waals surface area contributed by atoms with E-state index in [0.717, 1.165) is 12.1 Å². The first-order valence-corrected chi connectivity index (χ1v) is 4.17. The Balaban J connectivity index is 2.67. The Morgan fingerprint density at radius 3 is 2.40 bits per heavy atom. The van der Waals surface area contributed by atoms with Crippen molar-refractivity contribution in [3.05, 3.63) is 11.8 Å². The van der Waals surface area contributed by atoms with Gasteiger partial charge in [-0.15, -0.1) is 11.6 Å². The van der Waals surface area contributed by atoms with Crippen LogP contribution in [0.25, 0.3) is 0 Å². The van der Waals surface area contributed by atoms with Crippen LogP contribution in [0, 0.1) is 11.3 Å². The summed E-state index contributed by atoms with van der Waals surface area (Å²) in [7, 11) is 0. The van der Waals surface area contributed by atoms with E-state index < -0.39 is 0 Å². The zero-order chi connectivity index (χ0) is 7.78. The van der Waals surface area contributed by atoms with Gasteiger partial charge < -0.3 is 5.73 Å². The Morgan fingerprint density at radius 2 is 2.30 bits per heavy atom. The van der Waals surface area contributed by atoms with Crippen molar-refractivity contribution >= 4 is 11.6 Å². The molecule has 58 valence electrons. The molecule has 0 aromatic heterocycles. The molecule has 0 radical (unpaired) electrons. The summed E-state index contributed by atoms with van der Waals surface area (Å²) in [5.74, 6) is 1.31. The maximum Gasteiger partial charge on any atom is 0.0321 e. The second kappa shape index (κ2) is 2.46. The lowest BCUT2D eigenvalue weighted by atomic mass is 9.68. The fourth-order valence-corrected chi connectivity index (χ4v) is 1.81. The second-order valence-corrected chi connectivity index (χ2v) is 3.68. The van der Waals surface area contributed by atoms with Crippen LogP contribution in [0.1, 0.15) is 20.3 Å². The third-order valence-corrected chi connectivity index (χ3v) is 2.90. The molecule has 1 unspecified atom stereocenters. The number of rotatable bonds is 2. The Kier molecular flexibility index (Phi) is 1.95. The van der Waals surface area contributed by atoms with Crippen molar-refractivity contribution in [3.8, 4) is 0 Å². The minimum atomic E-state index is 0.214. The van der Waals surface area contributed by atoms with Crippen LogP contribution in [0.5, 0.6) is 0 Å². The third kappa shape index (κ3) is 1.03. The average molecular weight is 160 g/mol. The molecule has 2 N–H and O–H groups in total. The summed E-state index contributed by atoms with van der Waals surface area (Å²) in [6.07, 6.45) is 3.08. The molecule has 1 nitrogen and oxygen atoms in total. The summed E-state index contributed by atoms with van der Waals surface area (Å²) in [5, 5.41) is 0. The van der Waals surface area contributed by atoms with Gasteiger partial charge in [-0.05, 0) is 12.3 Å². The van der Waals surface area contributed by atoms with Gasteiger partial charge in [-0.1, -0.05) is 19.9 Å². The first-order chi connectivity index (χ1) is 4.60. The molecule has 1 atom stereocenters. The van der Waals surface area contributed by atoms with E-state index in [1.165, 1.54) is 0 Å². The van der Waals surface area contributed by atoms with E-state index in [1.54, 1.807) is 0 Å². The predicted molar refractivity (Wildman–Crippen MR) is 44.9 cm³/mol. The van der Waals surface area contributed by atoms with Gasteiger partial charge in [-0.25, -0.2) is 0 Å². The number of nitrogens with two attached hydrogens (primary N) is 1. The van der Waals surface area contributed by atoms with Crippen LogP contribution < -0.4 is 5.73 Å². The van der Waals surface area contributed by atoms with Crippen molar-refractivity contribution in [1.29, 1.82) is 0 Å². The molecule has 1 rings (SSSR count). The largest absolute Gasteiger partial charge is 0.402 e. The molecule has 0 heterocycles. The predicted octanol–water partition coefficient (Wildman–Crippen LogP) is 2.11. The number of halogens is 1. The van der Waals surface area contributed by atoms with Gasteiger partial charge in [0.25, 0.3) is 0 Å². The molecule has 0 aromatic carbocycles. The molecule has 1 aliphatic rings. The second-order valence-electron chi connectivity index (χ2n) is 3.42. The van der Waals surface area contributed by atoms with Gasteiger partial charge in [-0.3, -0.25) is 0 Å². The van der Waals surface area contributed by atoms with Gasteiger partial charge in [0.2, 0.25) is 0 Å². The van der Waals surface area contributed by atoms with Crippen molar-refractivity contribution < 1.29 is 0 Å². The molecule has 0 fully saturated rings. The van der Waals surface area contributed by atoms with Crippen LogP contribution in [-0.2, 0) is 0 Å². The zero-order valence-electron chi connectivity index (χ0n) is 6.52. The van der Waals surface area contributed by atoms with E-state index in [2.05, 4.69) is 19.9 Å². The average Bonchev–Trinajstić information content (AvgIpc) is 1.79. The number of hydrogen-bond acceptors (Lipinski definition) is 1. The van der Waals surface area contributed by atoms with E-state index in [0.29, 0.717) is 11.8 Å². The van der Waals surface area contributed by atoms with Gasteiger partial charge in [0.1, 0.15) is 0 Å². The van der Waals surface area contributed by atoms with Gasteiger partial charge >= 0.3 is 0 Å². The molecule has 1 aliphatic carbocycles. The summed E-state index contributed by atoms with van der Waals surface area (Å²) in [4.78, 5) is 0. The van der Waals surface area contributed by atoms with Crippen molar-refractivity contribution in [3.63, 3.8) is 0 Å². The molecule has 2 heteroatoms. The first kappa shape index (κ1) is 7.93. The van der Waals surface area contributed by atoms with Crippen molar-refractivity contribution in [1.82, 2.24) is 0 Å². The molecule has 0 bridgehead atoms. The summed E-state index contributed by atoms with van der Waals surface area (Å²) in [5.41, 5.74) is 6.78. The normalized spacial score (nSPS) is 31.8.